The van der Waals surface area contributed by atoms with E-state index in [4.69, 9.17) is 4.74 Å². The number of hydrogen-bond donors (Lipinski definition) is 1. The molecule has 2 rings (SSSR count). The Kier molecular flexibility index (Phi) is 5.08. The standard InChI is InChI=1S/C14H19N3O3S/c1-11(2)20-10-14-13(15-17-16-14)8-9-21(18,19)12-6-4-3-5-7-12/h3-7,11H,8-10H2,1-2H3,(H,15,16,17). The molecule has 0 fully saturated rings. The van der Waals surface area contributed by atoms with Crippen LogP contribution in [0.3, 0.4) is 0 Å². The molecule has 1 N–H and O–H groups in total. The summed E-state index contributed by atoms with van der Waals surface area (Å²) >= 11 is 0. The van der Waals surface area contributed by atoms with Gasteiger partial charge in [0.1, 0.15) is 5.69 Å². The quantitative estimate of drug-likeness (QED) is 0.842. The summed E-state index contributed by atoms with van der Waals surface area (Å²) < 4.78 is 29.9. The van der Waals surface area contributed by atoms with Gasteiger partial charge in [-0.2, -0.15) is 15.4 Å². The van der Waals surface area contributed by atoms with Crippen LogP contribution in [0.1, 0.15) is 25.2 Å². The summed E-state index contributed by atoms with van der Waals surface area (Å²) in [6.45, 7) is 4.19. The molecule has 6 nitrogen and oxygen atoms in total. The van der Waals surface area contributed by atoms with Gasteiger partial charge in [-0.05, 0) is 26.0 Å². The van der Waals surface area contributed by atoms with E-state index >= 15 is 0 Å². The van der Waals surface area contributed by atoms with Gasteiger partial charge in [-0.25, -0.2) is 8.42 Å². The number of aryl methyl sites for hydroxylation is 1. The summed E-state index contributed by atoms with van der Waals surface area (Å²) in [5.74, 6) is -0.00176. The van der Waals surface area contributed by atoms with Gasteiger partial charge in [0.05, 0.1) is 29.1 Å². The lowest BCUT2D eigenvalue weighted by Crippen LogP contribution is -2.11. The van der Waals surface area contributed by atoms with Crippen LogP contribution in [0.5, 0.6) is 0 Å². The van der Waals surface area contributed by atoms with Gasteiger partial charge in [0.15, 0.2) is 9.84 Å². The molecule has 0 unspecified atom stereocenters. The first-order valence-electron chi connectivity index (χ1n) is 6.77. The first kappa shape index (κ1) is 15.7. The fourth-order valence-electron chi connectivity index (χ4n) is 1.81. The van der Waals surface area contributed by atoms with Crippen molar-refractivity contribution in [1.29, 1.82) is 0 Å². The van der Waals surface area contributed by atoms with E-state index in [9.17, 15) is 8.42 Å². The Morgan fingerprint density at radius 2 is 1.81 bits per heavy atom. The number of nitrogens with zero attached hydrogens (tertiary/aromatic N) is 2. The lowest BCUT2D eigenvalue weighted by molar-refractivity contribution is 0.0631. The fraction of sp³-hybridized carbons (Fsp3) is 0.429. The molecule has 21 heavy (non-hydrogen) atoms. The van der Waals surface area contributed by atoms with E-state index in [-0.39, 0.29) is 11.9 Å². The predicted molar refractivity (Wildman–Crippen MR) is 78.5 cm³/mol. The Morgan fingerprint density at radius 3 is 2.48 bits per heavy atom. The Hall–Kier alpha value is -1.73. The molecule has 7 heteroatoms. The zero-order valence-corrected chi connectivity index (χ0v) is 12.9. The number of sulfone groups is 1. The molecule has 2 aromatic rings. The molecule has 1 heterocycles. The third-order valence-electron chi connectivity index (χ3n) is 2.97. The van der Waals surface area contributed by atoms with Crippen LogP contribution >= 0.6 is 0 Å². The van der Waals surface area contributed by atoms with Crippen molar-refractivity contribution in [3.8, 4) is 0 Å². The van der Waals surface area contributed by atoms with Gasteiger partial charge >= 0.3 is 0 Å². The molecule has 0 bridgehead atoms. The minimum Gasteiger partial charge on any atom is -0.372 e. The second-order valence-electron chi connectivity index (χ2n) is 4.96. The number of hydrogen-bond acceptors (Lipinski definition) is 5. The maximum absolute atomic E-state index is 12.2. The van der Waals surface area contributed by atoms with Crippen LogP contribution in [0.25, 0.3) is 0 Å². The molecule has 0 atom stereocenters. The summed E-state index contributed by atoms with van der Waals surface area (Å²) in [5.41, 5.74) is 1.29. The van der Waals surface area contributed by atoms with Crippen molar-refractivity contribution in [2.75, 3.05) is 5.75 Å². The van der Waals surface area contributed by atoms with Gasteiger partial charge in [-0.15, -0.1) is 0 Å². The number of ether oxygens (including phenoxy) is 1. The van der Waals surface area contributed by atoms with Crippen LogP contribution in [-0.2, 0) is 27.6 Å². The SMILES string of the molecule is CC(C)OCc1n[nH]nc1CCS(=O)(=O)c1ccccc1. The Morgan fingerprint density at radius 1 is 1.14 bits per heavy atom. The molecule has 1 aromatic heterocycles. The monoisotopic (exact) mass is 309 g/mol. The van der Waals surface area contributed by atoms with Gasteiger partial charge in [-0.3, -0.25) is 0 Å². The Bertz CT molecular complexity index is 666. The molecular formula is C14H19N3O3S. The summed E-state index contributed by atoms with van der Waals surface area (Å²) in [6.07, 6.45) is 0.396. The summed E-state index contributed by atoms with van der Waals surface area (Å²) in [4.78, 5) is 0.327. The van der Waals surface area contributed by atoms with Crippen molar-refractivity contribution in [2.45, 2.75) is 37.9 Å². The third-order valence-corrected chi connectivity index (χ3v) is 4.70. The molecule has 114 valence electrons. The van der Waals surface area contributed by atoms with Crippen LogP contribution in [0.2, 0.25) is 0 Å². The maximum atomic E-state index is 12.2. The van der Waals surface area contributed by atoms with Gasteiger partial charge in [0, 0.05) is 6.42 Å². The van der Waals surface area contributed by atoms with Crippen LogP contribution in [0, 0.1) is 0 Å². The summed E-state index contributed by atoms with van der Waals surface area (Å²) in [6, 6.07) is 8.41. The van der Waals surface area contributed by atoms with Crippen LogP contribution in [-0.4, -0.2) is 35.7 Å². The van der Waals surface area contributed by atoms with Crippen LogP contribution in [0.4, 0.5) is 0 Å². The highest BCUT2D eigenvalue weighted by Gasteiger charge is 2.17. The largest absolute Gasteiger partial charge is 0.372 e. The number of aromatic amines is 1. The number of benzene rings is 1. The Balaban J connectivity index is 2.02. The highest BCUT2D eigenvalue weighted by molar-refractivity contribution is 7.91. The number of aromatic nitrogens is 3. The minimum atomic E-state index is -3.31. The zero-order valence-electron chi connectivity index (χ0n) is 12.1. The highest BCUT2D eigenvalue weighted by Crippen LogP contribution is 2.13. The van der Waals surface area contributed by atoms with Crippen molar-refractivity contribution < 1.29 is 13.2 Å². The van der Waals surface area contributed by atoms with Crippen molar-refractivity contribution >= 4 is 9.84 Å². The second kappa shape index (κ2) is 6.82. The molecule has 0 aliphatic carbocycles. The highest BCUT2D eigenvalue weighted by atomic mass is 32.2. The van der Waals surface area contributed by atoms with Gasteiger partial charge in [0.2, 0.25) is 0 Å². The zero-order chi connectivity index (χ0) is 15.3. The molecule has 0 radical (unpaired) electrons. The number of H-pyrrole nitrogens is 1. The fourth-order valence-corrected chi connectivity index (χ4v) is 3.08. The molecule has 0 spiro atoms. The normalized spacial score (nSPS) is 12.0. The smallest absolute Gasteiger partial charge is 0.178 e. The summed E-state index contributed by atoms with van der Waals surface area (Å²) in [7, 11) is -3.31. The maximum Gasteiger partial charge on any atom is 0.178 e. The predicted octanol–water partition coefficient (Wildman–Crippen LogP) is 1.75. The van der Waals surface area contributed by atoms with E-state index in [0.29, 0.717) is 29.3 Å². The molecule has 0 aliphatic heterocycles. The van der Waals surface area contributed by atoms with E-state index < -0.39 is 9.84 Å². The van der Waals surface area contributed by atoms with Crippen molar-refractivity contribution in [3.05, 3.63) is 41.7 Å². The van der Waals surface area contributed by atoms with E-state index in [1.807, 2.05) is 13.8 Å². The van der Waals surface area contributed by atoms with Crippen molar-refractivity contribution in [2.24, 2.45) is 0 Å². The topological polar surface area (TPSA) is 84.9 Å². The van der Waals surface area contributed by atoms with E-state index in [2.05, 4.69) is 15.4 Å². The van der Waals surface area contributed by atoms with Crippen LogP contribution in [0.15, 0.2) is 35.2 Å². The van der Waals surface area contributed by atoms with Gasteiger partial charge < -0.3 is 4.74 Å². The Labute approximate surface area is 124 Å². The first-order valence-corrected chi connectivity index (χ1v) is 8.42. The molecule has 0 saturated heterocycles. The van der Waals surface area contributed by atoms with Gasteiger partial charge in [-0.1, -0.05) is 18.2 Å². The van der Waals surface area contributed by atoms with E-state index in [0.717, 1.165) is 0 Å². The van der Waals surface area contributed by atoms with Gasteiger partial charge in [0.25, 0.3) is 0 Å². The molecule has 0 amide bonds. The third kappa shape index (κ3) is 4.37. The molecule has 1 aromatic carbocycles. The van der Waals surface area contributed by atoms with Crippen molar-refractivity contribution in [3.63, 3.8) is 0 Å². The van der Waals surface area contributed by atoms with Crippen LogP contribution < -0.4 is 0 Å². The molecule has 0 saturated carbocycles. The van der Waals surface area contributed by atoms with Crippen molar-refractivity contribution in [1.82, 2.24) is 15.4 Å². The average Bonchev–Trinajstić information content (AvgIpc) is 2.91. The number of nitrogens with one attached hydrogen (secondary N) is 1. The minimum absolute atomic E-state index is 0.00176. The lowest BCUT2D eigenvalue weighted by atomic mass is 10.3. The first-order chi connectivity index (χ1) is 9.99. The van der Waals surface area contributed by atoms with E-state index in [1.165, 1.54) is 0 Å². The summed E-state index contributed by atoms with van der Waals surface area (Å²) in [5, 5.41) is 10.5. The second-order valence-corrected chi connectivity index (χ2v) is 7.07. The number of rotatable bonds is 7. The molecule has 0 aliphatic rings. The average molecular weight is 309 g/mol. The van der Waals surface area contributed by atoms with E-state index in [1.54, 1.807) is 30.3 Å². The lowest BCUT2D eigenvalue weighted by Gasteiger charge is -2.06. The molecular weight excluding hydrogens is 290 g/mol.